The maximum absolute atomic E-state index is 6.11. The van der Waals surface area contributed by atoms with Gasteiger partial charge in [-0.3, -0.25) is 0 Å². The quantitative estimate of drug-likeness (QED) is 0.730. The molecule has 2 N–H and O–H groups in total. The van der Waals surface area contributed by atoms with Gasteiger partial charge in [-0.2, -0.15) is 0 Å². The van der Waals surface area contributed by atoms with Gasteiger partial charge < -0.3 is 5.73 Å². The summed E-state index contributed by atoms with van der Waals surface area (Å²) < 4.78 is 0. The van der Waals surface area contributed by atoms with E-state index >= 15 is 0 Å². The van der Waals surface area contributed by atoms with E-state index in [1.54, 1.807) is 0 Å². The van der Waals surface area contributed by atoms with Crippen molar-refractivity contribution in [1.82, 2.24) is 0 Å². The van der Waals surface area contributed by atoms with E-state index < -0.39 is 0 Å². The van der Waals surface area contributed by atoms with Crippen molar-refractivity contribution in [3.05, 3.63) is 28.8 Å². The summed E-state index contributed by atoms with van der Waals surface area (Å²) in [6.45, 7) is 11.0. The fraction of sp³-hybridized carbons (Fsp3) is 0.571. The molecule has 0 radical (unpaired) electrons. The molecule has 0 aliphatic rings. The summed E-state index contributed by atoms with van der Waals surface area (Å²) in [5.74, 6) is 0. The lowest BCUT2D eigenvalue weighted by Gasteiger charge is -2.23. The van der Waals surface area contributed by atoms with Crippen LogP contribution in [0.25, 0.3) is 0 Å². The molecule has 0 atom stereocenters. The smallest absolute Gasteiger partial charge is 0.0354 e. The monoisotopic (exact) mass is 205 g/mol. The Labute approximate surface area is 93.7 Å². The molecule has 0 heterocycles. The van der Waals surface area contributed by atoms with Gasteiger partial charge in [-0.05, 0) is 41.5 Å². The molecule has 1 heteroatoms. The Bertz CT molecular complexity index is 345. The van der Waals surface area contributed by atoms with E-state index in [4.69, 9.17) is 5.73 Å². The van der Waals surface area contributed by atoms with Gasteiger partial charge in [-0.25, -0.2) is 0 Å². The van der Waals surface area contributed by atoms with Crippen LogP contribution in [-0.2, 0) is 11.8 Å². The first kappa shape index (κ1) is 12.1. The highest BCUT2D eigenvalue weighted by Crippen LogP contribution is 2.30. The first-order valence-electron chi connectivity index (χ1n) is 5.75. The molecule has 84 valence electrons. The van der Waals surface area contributed by atoms with Crippen molar-refractivity contribution in [1.29, 1.82) is 0 Å². The third-order valence-electron chi connectivity index (χ3n) is 2.84. The first-order valence-corrected chi connectivity index (χ1v) is 5.75. The van der Waals surface area contributed by atoms with E-state index in [0.29, 0.717) is 0 Å². The lowest BCUT2D eigenvalue weighted by Crippen LogP contribution is -2.14. The molecule has 15 heavy (non-hydrogen) atoms. The Morgan fingerprint density at radius 2 is 1.80 bits per heavy atom. The molecule has 0 amide bonds. The van der Waals surface area contributed by atoms with Crippen molar-refractivity contribution >= 4 is 5.69 Å². The number of benzene rings is 1. The predicted molar refractivity (Wildman–Crippen MR) is 68.3 cm³/mol. The van der Waals surface area contributed by atoms with Crippen LogP contribution < -0.4 is 5.73 Å². The lowest BCUT2D eigenvalue weighted by molar-refractivity contribution is 0.591. The summed E-state index contributed by atoms with van der Waals surface area (Å²) in [5, 5.41) is 0. The van der Waals surface area contributed by atoms with Crippen LogP contribution >= 0.6 is 0 Å². The third-order valence-corrected chi connectivity index (χ3v) is 2.84. The molecule has 0 aliphatic heterocycles. The Morgan fingerprint density at radius 1 is 1.20 bits per heavy atom. The fourth-order valence-corrected chi connectivity index (χ4v) is 1.96. The second-order valence-corrected chi connectivity index (χ2v) is 5.37. The van der Waals surface area contributed by atoms with Crippen LogP contribution in [0.1, 0.15) is 50.8 Å². The summed E-state index contributed by atoms with van der Waals surface area (Å²) in [6, 6.07) is 4.40. The summed E-state index contributed by atoms with van der Waals surface area (Å²) in [6.07, 6.45) is 2.30. The van der Waals surface area contributed by atoms with E-state index in [-0.39, 0.29) is 5.41 Å². The number of nitrogen functional groups attached to an aromatic ring is 1. The van der Waals surface area contributed by atoms with Gasteiger partial charge in [0.25, 0.3) is 0 Å². The van der Waals surface area contributed by atoms with E-state index in [1.165, 1.54) is 23.1 Å². The van der Waals surface area contributed by atoms with Gasteiger partial charge in [-0.1, -0.05) is 40.2 Å². The Morgan fingerprint density at radius 3 is 2.27 bits per heavy atom. The largest absolute Gasteiger partial charge is 0.398 e. The van der Waals surface area contributed by atoms with Gasteiger partial charge in [0, 0.05) is 5.69 Å². The number of hydrogen-bond acceptors (Lipinski definition) is 1. The second-order valence-electron chi connectivity index (χ2n) is 5.37. The first-order chi connectivity index (χ1) is 6.86. The Balaban J connectivity index is 3.20. The number of anilines is 1. The zero-order valence-electron chi connectivity index (χ0n) is 10.6. The highest BCUT2D eigenvalue weighted by molar-refractivity contribution is 5.54. The molecule has 0 spiro atoms. The van der Waals surface area contributed by atoms with E-state index in [9.17, 15) is 0 Å². The average molecular weight is 205 g/mol. The minimum atomic E-state index is 0.138. The molecule has 0 fully saturated rings. The van der Waals surface area contributed by atoms with Crippen LogP contribution in [0.2, 0.25) is 0 Å². The summed E-state index contributed by atoms with van der Waals surface area (Å²) in [5.41, 5.74) is 11.2. The summed E-state index contributed by atoms with van der Waals surface area (Å²) in [7, 11) is 0. The van der Waals surface area contributed by atoms with Crippen molar-refractivity contribution in [3.63, 3.8) is 0 Å². The number of nitrogens with two attached hydrogens (primary N) is 1. The van der Waals surface area contributed by atoms with Gasteiger partial charge in [-0.15, -0.1) is 0 Å². The van der Waals surface area contributed by atoms with Gasteiger partial charge >= 0.3 is 0 Å². The van der Waals surface area contributed by atoms with Crippen molar-refractivity contribution in [3.8, 4) is 0 Å². The molecular weight excluding hydrogens is 182 g/mol. The average Bonchev–Trinajstić information content (AvgIpc) is 2.09. The molecule has 1 aromatic carbocycles. The third kappa shape index (κ3) is 2.74. The van der Waals surface area contributed by atoms with E-state index in [2.05, 4.69) is 46.8 Å². The van der Waals surface area contributed by atoms with E-state index in [0.717, 1.165) is 12.1 Å². The molecular formula is C14H23N. The van der Waals surface area contributed by atoms with Crippen LogP contribution in [0.4, 0.5) is 5.69 Å². The van der Waals surface area contributed by atoms with Crippen molar-refractivity contribution in [2.45, 2.75) is 52.9 Å². The minimum absolute atomic E-state index is 0.138. The number of rotatable bonds is 2. The van der Waals surface area contributed by atoms with Crippen LogP contribution in [0.3, 0.4) is 0 Å². The Hall–Kier alpha value is -0.980. The number of hydrogen-bond donors (Lipinski definition) is 1. The highest BCUT2D eigenvalue weighted by atomic mass is 14.6. The summed E-state index contributed by atoms with van der Waals surface area (Å²) in [4.78, 5) is 0. The van der Waals surface area contributed by atoms with Crippen molar-refractivity contribution < 1.29 is 0 Å². The molecule has 1 nitrogen and oxygen atoms in total. The van der Waals surface area contributed by atoms with Gasteiger partial charge in [0.1, 0.15) is 0 Å². The standard InChI is InChI=1S/C14H23N/c1-6-7-11-9-13(15)12(8-10(11)2)14(3,4)5/h8-9H,6-7,15H2,1-5H3. The SMILES string of the molecule is CCCc1cc(N)c(C(C)(C)C)cc1C. The normalized spacial score (nSPS) is 11.8. The molecule has 0 unspecified atom stereocenters. The molecule has 1 aromatic rings. The molecule has 0 aliphatic carbocycles. The molecule has 0 aromatic heterocycles. The Kier molecular flexibility index (Phi) is 3.43. The van der Waals surface area contributed by atoms with Crippen molar-refractivity contribution in [2.24, 2.45) is 0 Å². The molecule has 0 saturated heterocycles. The van der Waals surface area contributed by atoms with Crippen LogP contribution in [-0.4, -0.2) is 0 Å². The van der Waals surface area contributed by atoms with E-state index in [1.807, 2.05) is 0 Å². The maximum Gasteiger partial charge on any atom is 0.0354 e. The summed E-state index contributed by atoms with van der Waals surface area (Å²) >= 11 is 0. The molecule has 0 saturated carbocycles. The zero-order chi connectivity index (χ0) is 11.6. The topological polar surface area (TPSA) is 26.0 Å². The van der Waals surface area contributed by atoms with Gasteiger partial charge in [0.05, 0.1) is 0 Å². The van der Waals surface area contributed by atoms with Gasteiger partial charge in [0.15, 0.2) is 0 Å². The maximum atomic E-state index is 6.11. The van der Waals surface area contributed by atoms with Crippen molar-refractivity contribution in [2.75, 3.05) is 5.73 Å². The van der Waals surface area contributed by atoms with Gasteiger partial charge in [0.2, 0.25) is 0 Å². The predicted octanol–water partition coefficient (Wildman–Crippen LogP) is 3.83. The molecule has 0 bridgehead atoms. The lowest BCUT2D eigenvalue weighted by atomic mass is 9.83. The zero-order valence-corrected chi connectivity index (χ0v) is 10.6. The van der Waals surface area contributed by atoms with Crippen LogP contribution in [0, 0.1) is 6.92 Å². The van der Waals surface area contributed by atoms with Crippen LogP contribution in [0.15, 0.2) is 12.1 Å². The second kappa shape index (κ2) is 4.26. The van der Waals surface area contributed by atoms with Crippen LogP contribution in [0.5, 0.6) is 0 Å². The molecule has 1 rings (SSSR count). The minimum Gasteiger partial charge on any atom is -0.398 e. The number of aryl methyl sites for hydroxylation is 2. The highest BCUT2D eigenvalue weighted by Gasteiger charge is 2.17. The fourth-order valence-electron chi connectivity index (χ4n) is 1.96.